The lowest BCUT2D eigenvalue weighted by atomic mass is 10.1. The maximum atomic E-state index is 6.13. The predicted molar refractivity (Wildman–Crippen MR) is 68.7 cm³/mol. The van der Waals surface area contributed by atoms with E-state index in [2.05, 4.69) is 15.2 Å². The number of aromatic amines is 1. The van der Waals surface area contributed by atoms with E-state index in [1.807, 2.05) is 18.2 Å². The SMILES string of the molecule is Nc1n[nH]c2ccc(-c3cnccc3Cl)cc12. The molecule has 0 spiro atoms. The molecule has 4 nitrogen and oxygen atoms in total. The average Bonchev–Trinajstić information content (AvgIpc) is 2.71. The Hall–Kier alpha value is -2.07. The van der Waals surface area contributed by atoms with Gasteiger partial charge in [0.15, 0.2) is 5.82 Å². The Labute approximate surface area is 102 Å². The van der Waals surface area contributed by atoms with Gasteiger partial charge in [0.2, 0.25) is 0 Å². The number of nitrogens with zero attached hydrogens (tertiary/aromatic N) is 2. The molecule has 0 saturated heterocycles. The topological polar surface area (TPSA) is 67.6 Å². The first-order valence-electron chi connectivity index (χ1n) is 5.09. The molecule has 0 aliphatic heterocycles. The van der Waals surface area contributed by atoms with Crippen LogP contribution in [0.3, 0.4) is 0 Å². The second kappa shape index (κ2) is 3.75. The summed E-state index contributed by atoms with van der Waals surface area (Å²) in [6, 6.07) is 7.61. The number of pyridine rings is 1. The van der Waals surface area contributed by atoms with E-state index in [9.17, 15) is 0 Å². The summed E-state index contributed by atoms with van der Waals surface area (Å²) in [4.78, 5) is 4.07. The second-order valence-corrected chi connectivity index (χ2v) is 4.13. The Morgan fingerprint density at radius 2 is 2.12 bits per heavy atom. The highest BCUT2D eigenvalue weighted by molar-refractivity contribution is 6.33. The van der Waals surface area contributed by atoms with Crippen molar-refractivity contribution in [2.24, 2.45) is 0 Å². The average molecular weight is 245 g/mol. The third-order valence-electron chi connectivity index (χ3n) is 2.67. The molecule has 2 aromatic heterocycles. The van der Waals surface area contributed by atoms with E-state index in [0.29, 0.717) is 10.8 Å². The largest absolute Gasteiger partial charge is 0.382 e. The number of halogens is 1. The van der Waals surface area contributed by atoms with Crippen molar-refractivity contribution in [2.75, 3.05) is 5.73 Å². The summed E-state index contributed by atoms with van der Waals surface area (Å²) in [5.41, 5.74) is 8.54. The maximum Gasteiger partial charge on any atom is 0.153 e. The number of aromatic nitrogens is 3. The van der Waals surface area contributed by atoms with Gasteiger partial charge in [-0.05, 0) is 23.8 Å². The Morgan fingerprint density at radius 3 is 2.94 bits per heavy atom. The van der Waals surface area contributed by atoms with Crippen LogP contribution in [-0.2, 0) is 0 Å². The number of hydrogen-bond acceptors (Lipinski definition) is 3. The first-order chi connectivity index (χ1) is 8.25. The van der Waals surface area contributed by atoms with E-state index in [4.69, 9.17) is 17.3 Å². The molecule has 3 rings (SSSR count). The van der Waals surface area contributed by atoms with E-state index in [1.54, 1.807) is 18.5 Å². The van der Waals surface area contributed by atoms with E-state index in [0.717, 1.165) is 22.0 Å². The first-order valence-corrected chi connectivity index (χ1v) is 5.47. The summed E-state index contributed by atoms with van der Waals surface area (Å²) in [6.45, 7) is 0. The van der Waals surface area contributed by atoms with Crippen molar-refractivity contribution in [3.63, 3.8) is 0 Å². The van der Waals surface area contributed by atoms with Crippen LogP contribution < -0.4 is 5.73 Å². The Bertz CT molecular complexity index is 690. The Kier molecular flexibility index (Phi) is 2.23. The molecule has 1 aromatic carbocycles. The number of anilines is 1. The summed E-state index contributed by atoms with van der Waals surface area (Å²) in [5.74, 6) is 0.488. The van der Waals surface area contributed by atoms with Crippen LogP contribution in [0.2, 0.25) is 5.02 Å². The van der Waals surface area contributed by atoms with Crippen LogP contribution in [0.1, 0.15) is 0 Å². The molecule has 3 N–H and O–H groups in total. The van der Waals surface area contributed by atoms with Crippen molar-refractivity contribution in [3.8, 4) is 11.1 Å². The van der Waals surface area contributed by atoms with Crippen LogP contribution >= 0.6 is 11.6 Å². The quantitative estimate of drug-likeness (QED) is 0.692. The van der Waals surface area contributed by atoms with Crippen molar-refractivity contribution in [3.05, 3.63) is 41.7 Å². The number of rotatable bonds is 1. The fourth-order valence-corrected chi connectivity index (χ4v) is 2.01. The van der Waals surface area contributed by atoms with E-state index in [-0.39, 0.29) is 0 Å². The monoisotopic (exact) mass is 244 g/mol. The number of fused-ring (bicyclic) bond motifs is 1. The van der Waals surface area contributed by atoms with Crippen LogP contribution in [-0.4, -0.2) is 15.2 Å². The lowest BCUT2D eigenvalue weighted by Gasteiger charge is -2.03. The van der Waals surface area contributed by atoms with E-state index >= 15 is 0 Å². The molecule has 0 unspecified atom stereocenters. The lowest BCUT2D eigenvalue weighted by molar-refractivity contribution is 1.13. The number of hydrogen-bond donors (Lipinski definition) is 2. The summed E-state index contributed by atoms with van der Waals surface area (Å²) >= 11 is 6.13. The highest BCUT2D eigenvalue weighted by Crippen LogP contribution is 2.30. The highest BCUT2D eigenvalue weighted by Gasteiger charge is 2.07. The van der Waals surface area contributed by atoms with E-state index in [1.165, 1.54) is 0 Å². The van der Waals surface area contributed by atoms with Gasteiger partial charge >= 0.3 is 0 Å². The van der Waals surface area contributed by atoms with Crippen LogP contribution in [0.25, 0.3) is 22.0 Å². The standard InChI is InChI=1S/C12H9ClN4/c13-10-3-4-15-6-9(10)7-1-2-11-8(5-7)12(14)17-16-11/h1-6H,(H3,14,16,17). The van der Waals surface area contributed by atoms with Crippen LogP contribution in [0.4, 0.5) is 5.82 Å². The zero-order chi connectivity index (χ0) is 11.8. The Balaban J connectivity index is 2.24. The van der Waals surface area contributed by atoms with Crippen LogP contribution in [0, 0.1) is 0 Å². The number of nitrogens with one attached hydrogen (secondary N) is 1. The van der Waals surface area contributed by atoms with Gasteiger partial charge < -0.3 is 5.73 Å². The van der Waals surface area contributed by atoms with Crippen molar-refractivity contribution in [2.45, 2.75) is 0 Å². The summed E-state index contributed by atoms with van der Waals surface area (Å²) in [5, 5.41) is 8.37. The number of benzene rings is 1. The highest BCUT2D eigenvalue weighted by atomic mass is 35.5. The normalized spacial score (nSPS) is 10.9. The zero-order valence-electron chi connectivity index (χ0n) is 8.81. The molecule has 0 aliphatic carbocycles. The van der Waals surface area contributed by atoms with Gasteiger partial charge in [0.05, 0.1) is 10.5 Å². The minimum absolute atomic E-state index is 0.488. The zero-order valence-corrected chi connectivity index (χ0v) is 9.57. The third-order valence-corrected chi connectivity index (χ3v) is 3.00. The summed E-state index contributed by atoms with van der Waals surface area (Å²) < 4.78 is 0. The van der Waals surface area contributed by atoms with Gasteiger partial charge in [0.1, 0.15) is 0 Å². The van der Waals surface area contributed by atoms with Gasteiger partial charge in [-0.15, -0.1) is 0 Å². The van der Waals surface area contributed by atoms with Crippen LogP contribution in [0.5, 0.6) is 0 Å². The molecule has 5 heteroatoms. The number of nitrogen functional groups attached to an aromatic ring is 1. The molecule has 0 saturated carbocycles. The molecule has 17 heavy (non-hydrogen) atoms. The molecule has 2 heterocycles. The molecule has 0 atom stereocenters. The van der Waals surface area contributed by atoms with Gasteiger partial charge in [0.25, 0.3) is 0 Å². The molecular weight excluding hydrogens is 236 g/mol. The van der Waals surface area contributed by atoms with Crippen molar-refractivity contribution in [1.29, 1.82) is 0 Å². The smallest absolute Gasteiger partial charge is 0.153 e. The maximum absolute atomic E-state index is 6.13. The predicted octanol–water partition coefficient (Wildman–Crippen LogP) is 2.86. The van der Waals surface area contributed by atoms with Gasteiger partial charge in [0, 0.05) is 23.3 Å². The van der Waals surface area contributed by atoms with Crippen molar-refractivity contribution >= 4 is 28.3 Å². The summed E-state index contributed by atoms with van der Waals surface area (Å²) in [6.07, 6.45) is 3.40. The second-order valence-electron chi connectivity index (χ2n) is 3.72. The molecular formula is C12H9ClN4. The van der Waals surface area contributed by atoms with Gasteiger partial charge in [-0.2, -0.15) is 5.10 Å². The molecule has 0 amide bonds. The van der Waals surface area contributed by atoms with Crippen molar-refractivity contribution < 1.29 is 0 Å². The van der Waals surface area contributed by atoms with Gasteiger partial charge in [-0.3, -0.25) is 10.1 Å². The first kappa shape index (κ1) is 10.1. The fourth-order valence-electron chi connectivity index (χ4n) is 1.79. The van der Waals surface area contributed by atoms with Gasteiger partial charge in [-0.1, -0.05) is 17.7 Å². The molecule has 0 fully saturated rings. The van der Waals surface area contributed by atoms with E-state index < -0.39 is 0 Å². The molecule has 3 aromatic rings. The molecule has 84 valence electrons. The van der Waals surface area contributed by atoms with Crippen molar-refractivity contribution in [1.82, 2.24) is 15.2 Å². The van der Waals surface area contributed by atoms with Gasteiger partial charge in [-0.25, -0.2) is 0 Å². The summed E-state index contributed by atoms with van der Waals surface area (Å²) in [7, 11) is 0. The molecule has 0 bridgehead atoms. The number of nitrogens with two attached hydrogens (primary N) is 1. The number of H-pyrrole nitrogens is 1. The molecule has 0 aliphatic rings. The van der Waals surface area contributed by atoms with Crippen LogP contribution in [0.15, 0.2) is 36.7 Å². The minimum Gasteiger partial charge on any atom is -0.382 e. The third kappa shape index (κ3) is 1.62. The Morgan fingerprint density at radius 1 is 1.24 bits per heavy atom. The minimum atomic E-state index is 0.488. The fraction of sp³-hybridized carbons (Fsp3) is 0. The lowest BCUT2D eigenvalue weighted by Crippen LogP contribution is -1.85. The molecule has 0 radical (unpaired) electrons.